The number of thiazole rings is 1. The van der Waals surface area contributed by atoms with E-state index in [-0.39, 0.29) is 0 Å². The van der Waals surface area contributed by atoms with Gasteiger partial charge in [-0.1, -0.05) is 22.9 Å². The number of fused-ring (bicyclic) bond motifs is 1. The fraction of sp³-hybridized carbons (Fsp3) is 0.562. The first-order valence-corrected chi connectivity index (χ1v) is 9.12. The highest BCUT2D eigenvalue weighted by atomic mass is 35.5. The van der Waals surface area contributed by atoms with Crippen molar-refractivity contribution in [3.05, 3.63) is 23.2 Å². The minimum Gasteiger partial charge on any atom is -0.380 e. The van der Waals surface area contributed by atoms with Crippen LogP contribution in [0.3, 0.4) is 0 Å². The third-order valence-corrected chi connectivity index (χ3v) is 5.88. The molecule has 2 aliphatic heterocycles. The van der Waals surface area contributed by atoms with Crippen molar-refractivity contribution in [2.45, 2.75) is 18.9 Å². The molecular weight excluding hydrogens is 318 g/mol. The largest absolute Gasteiger partial charge is 0.380 e. The van der Waals surface area contributed by atoms with Gasteiger partial charge in [-0.3, -0.25) is 4.90 Å². The maximum absolute atomic E-state index is 6.08. The van der Waals surface area contributed by atoms with Crippen LogP contribution in [-0.2, 0) is 4.74 Å². The Morgan fingerprint density at radius 3 is 3.05 bits per heavy atom. The zero-order valence-corrected chi connectivity index (χ0v) is 14.1. The maximum Gasteiger partial charge on any atom is 0.186 e. The van der Waals surface area contributed by atoms with Gasteiger partial charge >= 0.3 is 0 Å². The number of anilines is 1. The number of benzene rings is 1. The average Bonchev–Trinajstić information content (AvgIpc) is 3.12. The predicted octanol–water partition coefficient (Wildman–Crippen LogP) is 3.25. The molecule has 22 heavy (non-hydrogen) atoms. The topological polar surface area (TPSA) is 28.6 Å². The van der Waals surface area contributed by atoms with Crippen LogP contribution >= 0.6 is 22.9 Å². The molecule has 0 radical (unpaired) electrons. The van der Waals surface area contributed by atoms with Gasteiger partial charge in [0, 0.05) is 43.9 Å². The Bertz CT molecular complexity index is 656. The fourth-order valence-corrected chi connectivity index (χ4v) is 4.62. The number of nitrogens with zero attached hydrogens (tertiary/aromatic N) is 3. The molecule has 0 bridgehead atoms. The van der Waals surface area contributed by atoms with E-state index in [9.17, 15) is 0 Å². The maximum atomic E-state index is 6.08. The Balaban J connectivity index is 1.49. The summed E-state index contributed by atoms with van der Waals surface area (Å²) < 4.78 is 6.71. The molecule has 118 valence electrons. The zero-order valence-electron chi connectivity index (χ0n) is 12.5. The molecule has 0 N–H and O–H groups in total. The second kappa shape index (κ2) is 6.32. The highest BCUT2D eigenvalue weighted by Crippen LogP contribution is 2.31. The number of hydrogen-bond donors (Lipinski definition) is 0. The van der Waals surface area contributed by atoms with Crippen molar-refractivity contribution in [3.63, 3.8) is 0 Å². The molecule has 0 amide bonds. The first-order valence-electron chi connectivity index (χ1n) is 7.92. The molecule has 4 nitrogen and oxygen atoms in total. The summed E-state index contributed by atoms with van der Waals surface area (Å²) >= 11 is 7.83. The van der Waals surface area contributed by atoms with E-state index in [0.717, 1.165) is 48.5 Å². The number of halogens is 1. The van der Waals surface area contributed by atoms with E-state index in [1.54, 1.807) is 11.3 Å². The summed E-state index contributed by atoms with van der Waals surface area (Å²) in [6, 6.07) is 6.56. The van der Waals surface area contributed by atoms with Crippen LogP contribution in [0.4, 0.5) is 5.13 Å². The molecule has 2 saturated heterocycles. The van der Waals surface area contributed by atoms with Gasteiger partial charge in [0.2, 0.25) is 0 Å². The third-order valence-electron chi connectivity index (χ3n) is 4.56. The molecule has 2 aromatic rings. The lowest BCUT2D eigenvalue weighted by atomic mass is 10.2. The molecule has 0 spiro atoms. The van der Waals surface area contributed by atoms with Crippen LogP contribution in [0.2, 0.25) is 5.02 Å². The molecule has 1 aromatic carbocycles. The van der Waals surface area contributed by atoms with E-state index in [4.69, 9.17) is 21.3 Å². The van der Waals surface area contributed by atoms with Gasteiger partial charge in [0.1, 0.15) is 0 Å². The summed E-state index contributed by atoms with van der Waals surface area (Å²) in [6.07, 6.45) is 2.37. The first-order chi connectivity index (χ1) is 10.8. The highest BCUT2D eigenvalue weighted by Gasteiger charge is 2.26. The first kappa shape index (κ1) is 14.7. The van der Waals surface area contributed by atoms with Gasteiger partial charge in [0.15, 0.2) is 5.13 Å². The SMILES string of the molecule is Clc1ccc2nc(N3CCCN(C4CCOC4)CC3)sc2c1. The Kier molecular flexibility index (Phi) is 4.22. The lowest BCUT2D eigenvalue weighted by Crippen LogP contribution is -2.38. The second-order valence-corrected chi connectivity index (χ2v) is 7.45. The quantitative estimate of drug-likeness (QED) is 0.841. The summed E-state index contributed by atoms with van der Waals surface area (Å²) in [5, 5.41) is 1.91. The zero-order chi connectivity index (χ0) is 14.9. The molecule has 1 aromatic heterocycles. The van der Waals surface area contributed by atoms with Gasteiger partial charge in [-0.2, -0.15) is 0 Å². The Labute approximate surface area is 139 Å². The van der Waals surface area contributed by atoms with E-state index >= 15 is 0 Å². The molecule has 2 aliphatic rings. The van der Waals surface area contributed by atoms with Crippen molar-refractivity contribution < 1.29 is 4.74 Å². The number of aromatic nitrogens is 1. The minimum absolute atomic E-state index is 0.620. The molecule has 3 heterocycles. The van der Waals surface area contributed by atoms with Crippen LogP contribution < -0.4 is 4.90 Å². The Morgan fingerprint density at radius 2 is 2.18 bits per heavy atom. The normalized spacial score (nSPS) is 24.0. The summed E-state index contributed by atoms with van der Waals surface area (Å²) in [7, 11) is 0. The second-order valence-electron chi connectivity index (χ2n) is 6.00. The molecule has 1 atom stereocenters. The number of rotatable bonds is 2. The molecule has 4 rings (SSSR count). The van der Waals surface area contributed by atoms with E-state index in [1.807, 2.05) is 18.2 Å². The van der Waals surface area contributed by atoms with Crippen LogP contribution in [0.5, 0.6) is 0 Å². The molecule has 2 fully saturated rings. The minimum atomic E-state index is 0.620. The van der Waals surface area contributed by atoms with Crippen LogP contribution in [0.1, 0.15) is 12.8 Å². The molecule has 0 saturated carbocycles. The summed E-state index contributed by atoms with van der Waals surface area (Å²) in [5.41, 5.74) is 1.05. The van der Waals surface area contributed by atoms with Gasteiger partial charge < -0.3 is 9.64 Å². The van der Waals surface area contributed by atoms with Crippen LogP contribution in [-0.4, -0.2) is 55.3 Å². The molecule has 1 unspecified atom stereocenters. The lowest BCUT2D eigenvalue weighted by Gasteiger charge is -2.26. The van der Waals surface area contributed by atoms with Crippen molar-refractivity contribution >= 4 is 38.3 Å². The van der Waals surface area contributed by atoms with Crippen molar-refractivity contribution in [3.8, 4) is 0 Å². The van der Waals surface area contributed by atoms with Gasteiger partial charge in [-0.25, -0.2) is 4.98 Å². The van der Waals surface area contributed by atoms with Gasteiger partial charge in [-0.05, 0) is 31.0 Å². The molecular formula is C16H20ClN3OS. The van der Waals surface area contributed by atoms with Gasteiger partial charge in [0.25, 0.3) is 0 Å². The average molecular weight is 338 g/mol. The fourth-order valence-electron chi connectivity index (χ4n) is 3.33. The van der Waals surface area contributed by atoms with Crippen molar-refractivity contribution in [1.82, 2.24) is 9.88 Å². The van der Waals surface area contributed by atoms with Gasteiger partial charge in [-0.15, -0.1) is 0 Å². The summed E-state index contributed by atoms with van der Waals surface area (Å²) in [4.78, 5) is 9.80. The Hall–Kier alpha value is -0.880. The number of hydrogen-bond acceptors (Lipinski definition) is 5. The molecule has 6 heteroatoms. The van der Waals surface area contributed by atoms with E-state index in [2.05, 4.69) is 9.80 Å². The highest BCUT2D eigenvalue weighted by molar-refractivity contribution is 7.22. The van der Waals surface area contributed by atoms with Crippen LogP contribution in [0.25, 0.3) is 10.2 Å². The van der Waals surface area contributed by atoms with Gasteiger partial charge in [0.05, 0.1) is 16.8 Å². The predicted molar refractivity (Wildman–Crippen MR) is 92.3 cm³/mol. The van der Waals surface area contributed by atoms with E-state index < -0.39 is 0 Å². The van der Waals surface area contributed by atoms with Crippen LogP contribution in [0.15, 0.2) is 18.2 Å². The third kappa shape index (κ3) is 2.95. The van der Waals surface area contributed by atoms with Crippen molar-refractivity contribution in [2.24, 2.45) is 0 Å². The summed E-state index contributed by atoms with van der Waals surface area (Å²) in [6.45, 7) is 6.22. The monoisotopic (exact) mass is 337 g/mol. The number of ether oxygens (including phenoxy) is 1. The van der Waals surface area contributed by atoms with E-state index in [0.29, 0.717) is 6.04 Å². The van der Waals surface area contributed by atoms with Crippen molar-refractivity contribution in [1.29, 1.82) is 0 Å². The van der Waals surface area contributed by atoms with E-state index in [1.165, 1.54) is 24.1 Å². The van der Waals surface area contributed by atoms with Crippen molar-refractivity contribution in [2.75, 3.05) is 44.3 Å². The standard InChI is InChI=1S/C16H20ClN3OS/c17-12-2-3-14-15(10-12)22-16(18-14)20-6-1-5-19(7-8-20)13-4-9-21-11-13/h2-3,10,13H,1,4-9,11H2. The Morgan fingerprint density at radius 1 is 1.23 bits per heavy atom. The smallest absolute Gasteiger partial charge is 0.186 e. The molecule has 0 aliphatic carbocycles. The van der Waals surface area contributed by atoms with Crippen LogP contribution in [0, 0.1) is 0 Å². The summed E-state index contributed by atoms with van der Waals surface area (Å²) in [5.74, 6) is 0. The lowest BCUT2D eigenvalue weighted by molar-refractivity contribution is 0.148.